The first-order valence-electron chi connectivity index (χ1n) is 4.43. The zero-order valence-electron chi connectivity index (χ0n) is 8.65. The number of aliphatic hydroxyl groups is 1. The first-order chi connectivity index (χ1) is 6.77. The maximum atomic E-state index is 10.9. The highest BCUT2D eigenvalue weighted by Crippen LogP contribution is 2.00. The molecule has 0 saturated carbocycles. The second kappa shape index (κ2) is 7.03. The summed E-state index contributed by atoms with van der Waals surface area (Å²) < 4.78 is 4.45. The second-order valence-corrected chi connectivity index (χ2v) is 2.16. The summed E-state index contributed by atoms with van der Waals surface area (Å²) >= 11 is 0. The van der Waals surface area contributed by atoms with Crippen LogP contribution in [0.3, 0.4) is 0 Å². The molecular formula is C10H15NO3. The minimum atomic E-state index is -0.495. The number of pyridine rings is 1. The maximum absolute atomic E-state index is 10.9. The van der Waals surface area contributed by atoms with Crippen molar-refractivity contribution in [3.63, 3.8) is 0 Å². The molecule has 0 unspecified atom stereocenters. The third kappa shape index (κ3) is 3.53. The molecule has 0 aliphatic heterocycles. The van der Waals surface area contributed by atoms with E-state index in [0.29, 0.717) is 5.69 Å². The molecule has 0 radical (unpaired) electrons. The molecule has 1 aromatic rings. The van der Waals surface area contributed by atoms with Crippen molar-refractivity contribution >= 4 is 5.97 Å². The lowest BCUT2D eigenvalue weighted by atomic mass is 10.3. The van der Waals surface area contributed by atoms with Gasteiger partial charge in [0.25, 0.3) is 0 Å². The van der Waals surface area contributed by atoms with Gasteiger partial charge >= 0.3 is 5.97 Å². The molecule has 0 saturated heterocycles. The Labute approximate surface area is 83.6 Å². The first-order valence-corrected chi connectivity index (χ1v) is 4.43. The Morgan fingerprint density at radius 2 is 2.14 bits per heavy atom. The lowest BCUT2D eigenvalue weighted by molar-refractivity contribution is 0.0593. The van der Waals surface area contributed by atoms with E-state index in [1.54, 1.807) is 12.1 Å². The Morgan fingerprint density at radius 3 is 2.64 bits per heavy atom. The van der Waals surface area contributed by atoms with E-state index in [0.717, 1.165) is 0 Å². The zero-order valence-corrected chi connectivity index (χ0v) is 8.65. The van der Waals surface area contributed by atoms with Crippen molar-refractivity contribution in [2.24, 2.45) is 0 Å². The molecule has 4 heteroatoms. The van der Waals surface area contributed by atoms with E-state index in [9.17, 15) is 4.79 Å². The van der Waals surface area contributed by atoms with Crippen LogP contribution in [0.1, 0.15) is 30.0 Å². The maximum Gasteiger partial charge on any atom is 0.356 e. The van der Waals surface area contributed by atoms with Gasteiger partial charge in [-0.25, -0.2) is 9.78 Å². The highest BCUT2D eigenvalue weighted by molar-refractivity contribution is 5.87. The molecule has 0 bridgehead atoms. The summed E-state index contributed by atoms with van der Waals surface area (Å²) in [5, 5.41) is 8.70. The summed E-state index contributed by atoms with van der Waals surface area (Å²) in [6, 6.07) is 4.81. The van der Waals surface area contributed by atoms with Crippen LogP contribution in [-0.4, -0.2) is 23.2 Å². The number of hydrogen-bond acceptors (Lipinski definition) is 4. The van der Waals surface area contributed by atoms with Crippen molar-refractivity contribution in [1.29, 1.82) is 0 Å². The number of aliphatic hydroxyl groups excluding tert-OH is 1. The Bertz CT molecular complexity index is 286. The fourth-order valence-electron chi connectivity index (χ4n) is 0.786. The van der Waals surface area contributed by atoms with Gasteiger partial charge in [0, 0.05) is 0 Å². The van der Waals surface area contributed by atoms with Crippen molar-refractivity contribution in [2.45, 2.75) is 20.5 Å². The average molecular weight is 197 g/mol. The largest absolute Gasteiger partial charge is 0.464 e. The third-order valence-electron chi connectivity index (χ3n) is 1.36. The molecule has 0 amide bonds. The number of hydrogen-bond donors (Lipinski definition) is 1. The summed E-state index contributed by atoms with van der Waals surface area (Å²) in [5.74, 6) is -0.495. The van der Waals surface area contributed by atoms with E-state index < -0.39 is 5.97 Å². The number of carbonyl (C=O) groups is 1. The van der Waals surface area contributed by atoms with Crippen molar-refractivity contribution in [1.82, 2.24) is 4.98 Å². The Balaban J connectivity index is 0.000000791. The summed E-state index contributed by atoms with van der Waals surface area (Å²) in [5.41, 5.74) is 0.668. The number of rotatable bonds is 2. The molecule has 0 spiro atoms. The molecule has 0 fully saturated rings. The van der Waals surface area contributed by atoms with E-state index in [-0.39, 0.29) is 12.3 Å². The monoisotopic (exact) mass is 197 g/mol. The average Bonchev–Trinajstić information content (AvgIpc) is 2.30. The number of methoxy groups -OCH3 is 1. The molecule has 1 aromatic heterocycles. The minimum Gasteiger partial charge on any atom is -0.464 e. The van der Waals surface area contributed by atoms with Gasteiger partial charge in [0.15, 0.2) is 0 Å². The van der Waals surface area contributed by atoms with Crippen LogP contribution in [0.25, 0.3) is 0 Å². The van der Waals surface area contributed by atoms with Crippen molar-refractivity contribution in [3.05, 3.63) is 29.6 Å². The van der Waals surface area contributed by atoms with Gasteiger partial charge in [-0.1, -0.05) is 19.9 Å². The summed E-state index contributed by atoms with van der Waals surface area (Å²) in [6.07, 6.45) is 0. The first kappa shape index (κ1) is 12.6. The number of aromatic nitrogens is 1. The van der Waals surface area contributed by atoms with Gasteiger partial charge in [-0.15, -0.1) is 0 Å². The lowest BCUT2D eigenvalue weighted by Crippen LogP contribution is -2.05. The van der Waals surface area contributed by atoms with Crippen LogP contribution in [0.5, 0.6) is 0 Å². The molecule has 1 N–H and O–H groups in total. The van der Waals surface area contributed by atoms with Crippen LogP contribution >= 0.6 is 0 Å². The smallest absolute Gasteiger partial charge is 0.356 e. The SMILES string of the molecule is CC.COC(=O)c1cccc(CO)n1. The van der Waals surface area contributed by atoms with Crippen LogP contribution < -0.4 is 0 Å². The highest BCUT2D eigenvalue weighted by atomic mass is 16.5. The van der Waals surface area contributed by atoms with E-state index >= 15 is 0 Å². The van der Waals surface area contributed by atoms with Gasteiger partial charge in [-0.3, -0.25) is 0 Å². The predicted molar refractivity (Wildman–Crippen MR) is 52.8 cm³/mol. The van der Waals surface area contributed by atoms with Crippen LogP contribution in [0.4, 0.5) is 0 Å². The number of esters is 1. The van der Waals surface area contributed by atoms with Gasteiger partial charge in [-0.2, -0.15) is 0 Å². The minimum absolute atomic E-state index is 0.176. The van der Waals surface area contributed by atoms with Gasteiger partial charge in [0.2, 0.25) is 0 Å². The summed E-state index contributed by atoms with van der Waals surface area (Å²) in [4.78, 5) is 14.8. The van der Waals surface area contributed by atoms with Crippen molar-refractivity contribution < 1.29 is 14.6 Å². The third-order valence-corrected chi connectivity index (χ3v) is 1.36. The van der Waals surface area contributed by atoms with Gasteiger partial charge in [0.1, 0.15) is 5.69 Å². The molecule has 4 nitrogen and oxygen atoms in total. The lowest BCUT2D eigenvalue weighted by Gasteiger charge is -1.99. The van der Waals surface area contributed by atoms with E-state index in [1.165, 1.54) is 13.2 Å². The van der Waals surface area contributed by atoms with Gasteiger partial charge < -0.3 is 9.84 Å². The second-order valence-electron chi connectivity index (χ2n) is 2.16. The van der Waals surface area contributed by atoms with Gasteiger partial charge in [0.05, 0.1) is 19.4 Å². The molecule has 0 atom stereocenters. The Hall–Kier alpha value is -1.42. The van der Waals surface area contributed by atoms with E-state index in [2.05, 4.69) is 9.72 Å². The predicted octanol–water partition coefficient (Wildman–Crippen LogP) is 1.39. The summed E-state index contributed by atoms with van der Waals surface area (Å²) in [6.45, 7) is 3.82. The quantitative estimate of drug-likeness (QED) is 0.728. The molecular weight excluding hydrogens is 182 g/mol. The normalized spacial score (nSPS) is 8.57. The molecule has 78 valence electrons. The van der Waals surface area contributed by atoms with E-state index in [1.807, 2.05) is 13.8 Å². The summed E-state index contributed by atoms with van der Waals surface area (Å²) in [7, 11) is 1.29. The Kier molecular flexibility index (Phi) is 6.32. The molecule has 0 aliphatic carbocycles. The number of nitrogens with zero attached hydrogens (tertiary/aromatic N) is 1. The fraction of sp³-hybridized carbons (Fsp3) is 0.400. The van der Waals surface area contributed by atoms with Crippen LogP contribution in [0, 0.1) is 0 Å². The van der Waals surface area contributed by atoms with Crippen molar-refractivity contribution in [3.8, 4) is 0 Å². The number of carbonyl (C=O) groups excluding carboxylic acids is 1. The van der Waals surface area contributed by atoms with Crippen LogP contribution in [0.15, 0.2) is 18.2 Å². The fourth-order valence-corrected chi connectivity index (χ4v) is 0.786. The molecule has 1 rings (SSSR count). The number of ether oxygens (including phenoxy) is 1. The van der Waals surface area contributed by atoms with Crippen LogP contribution in [0.2, 0.25) is 0 Å². The molecule has 0 aliphatic rings. The molecule has 1 heterocycles. The van der Waals surface area contributed by atoms with E-state index in [4.69, 9.17) is 5.11 Å². The van der Waals surface area contributed by atoms with Crippen molar-refractivity contribution in [2.75, 3.05) is 7.11 Å². The Morgan fingerprint density at radius 1 is 1.50 bits per heavy atom. The topological polar surface area (TPSA) is 59.4 Å². The zero-order chi connectivity index (χ0) is 11.0. The standard InChI is InChI=1S/C8H9NO3.C2H6/c1-12-8(11)7-4-2-3-6(5-10)9-7;1-2/h2-4,10H,5H2,1H3;1-2H3. The van der Waals surface area contributed by atoms with Crippen LogP contribution in [-0.2, 0) is 11.3 Å². The highest BCUT2D eigenvalue weighted by Gasteiger charge is 2.06. The molecule has 14 heavy (non-hydrogen) atoms. The van der Waals surface area contributed by atoms with Gasteiger partial charge in [-0.05, 0) is 12.1 Å². The molecule has 0 aromatic carbocycles.